The molecule has 3 aromatic heterocycles. The number of anilines is 1. The molecule has 0 aliphatic carbocycles. The fourth-order valence-electron chi connectivity index (χ4n) is 5.49. The number of piperidine rings is 1. The van der Waals surface area contributed by atoms with Crippen LogP contribution in [0.2, 0.25) is 10.0 Å². The molecule has 1 aliphatic rings. The molecule has 5 aromatic rings. The SMILES string of the molecule is CCOP(=N)(c1ccc(Cl)cc1Cl)N(CC1CCNCC1)c1cc(-c2ccc(-c3cc4ncccc4o3)cc2)sc1C=O. The third kappa shape index (κ3) is 6.18. The van der Waals surface area contributed by atoms with Crippen molar-refractivity contribution in [2.45, 2.75) is 19.8 Å². The average molecular weight is 654 g/mol. The summed E-state index contributed by atoms with van der Waals surface area (Å²) in [6.07, 6.45) is 4.58. The number of aldehydes is 1. The van der Waals surface area contributed by atoms with Crippen LogP contribution < -0.4 is 15.3 Å². The van der Waals surface area contributed by atoms with Crippen molar-refractivity contribution in [1.82, 2.24) is 10.3 Å². The quantitative estimate of drug-likeness (QED) is 0.115. The Balaban J connectivity index is 1.40. The van der Waals surface area contributed by atoms with Crippen LogP contribution in [0.4, 0.5) is 5.69 Å². The Kier molecular flexibility index (Phi) is 9.05. The molecule has 1 unspecified atom stereocenters. The number of aromatic nitrogens is 1. The highest BCUT2D eigenvalue weighted by atomic mass is 35.5. The molecule has 222 valence electrons. The van der Waals surface area contributed by atoms with Gasteiger partial charge in [0, 0.05) is 34.3 Å². The molecule has 1 atom stereocenters. The van der Waals surface area contributed by atoms with E-state index in [1.54, 1.807) is 24.4 Å². The predicted octanol–water partition coefficient (Wildman–Crippen LogP) is 9.12. The Bertz CT molecular complexity index is 1770. The second kappa shape index (κ2) is 12.9. The Labute approximate surface area is 264 Å². The van der Waals surface area contributed by atoms with Crippen LogP contribution in [-0.2, 0) is 4.52 Å². The number of thiophene rings is 1. The lowest BCUT2D eigenvalue weighted by Crippen LogP contribution is -2.37. The van der Waals surface area contributed by atoms with Gasteiger partial charge in [0.15, 0.2) is 11.9 Å². The molecule has 6 rings (SSSR count). The largest absolute Gasteiger partial charge is 0.454 e. The minimum Gasteiger partial charge on any atom is -0.454 e. The second-order valence-electron chi connectivity index (χ2n) is 10.4. The molecule has 2 N–H and O–H groups in total. The van der Waals surface area contributed by atoms with Crippen molar-refractivity contribution < 1.29 is 13.7 Å². The van der Waals surface area contributed by atoms with E-state index >= 15 is 0 Å². The van der Waals surface area contributed by atoms with Gasteiger partial charge in [0.2, 0.25) is 7.43 Å². The highest BCUT2D eigenvalue weighted by Gasteiger charge is 2.36. The molecule has 1 aliphatic heterocycles. The van der Waals surface area contributed by atoms with Crippen LogP contribution in [0, 0.1) is 11.1 Å². The Morgan fingerprint density at radius 3 is 2.58 bits per heavy atom. The van der Waals surface area contributed by atoms with Crippen molar-refractivity contribution >= 4 is 70.3 Å². The lowest BCUT2D eigenvalue weighted by molar-refractivity contribution is 0.112. The summed E-state index contributed by atoms with van der Waals surface area (Å²) in [4.78, 5) is 18.4. The lowest BCUT2D eigenvalue weighted by Gasteiger charge is -2.39. The summed E-state index contributed by atoms with van der Waals surface area (Å²) >= 11 is 14.4. The van der Waals surface area contributed by atoms with Crippen molar-refractivity contribution in [3.63, 3.8) is 0 Å². The summed E-state index contributed by atoms with van der Waals surface area (Å²) in [6, 6.07) is 21.0. The van der Waals surface area contributed by atoms with E-state index in [1.807, 2.05) is 60.1 Å². The summed E-state index contributed by atoms with van der Waals surface area (Å²) in [5.74, 6) is 1.08. The second-order valence-corrected chi connectivity index (χ2v) is 14.7. The van der Waals surface area contributed by atoms with Crippen molar-refractivity contribution in [1.29, 1.82) is 5.16 Å². The summed E-state index contributed by atoms with van der Waals surface area (Å²) < 4.78 is 14.3. The maximum Gasteiger partial charge on any atom is 0.207 e. The monoisotopic (exact) mass is 652 g/mol. The number of carbonyl (C=O) groups excluding carboxylic acids is 1. The summed E-state index contributed by atoms with van der Waals surface area (Å²) in [6.45, 7) is 4.62. The average Bonchev–Trinajstić information content (AvgIpc) is 3.65. The van der Waals surface area contributed by atoms with Gasteiger partial charge in [-0.1, -0.05) is 47.5 Å². The molecular formula is C32H31Cl2N4O3PS. The normalized spacial score (nSPS) is 15.4. The predicted molar refractivity (Wildman–Crippen MR) is 178 cm³/mol. The molecule has 1 fully saturated rings. The number of fused-ring (bicyclic) bond motifs is 1. The van der Waals surface area contributed by atoms with E-state index in [9.17, 15) is 9.96 Å². The summed E-state index contributed by atoms with van der Waals surface area (Å²) in [5, 5.41) is 14.8. The zero-order valence-electron chi connectivity index (χ0n) is 23.6. The fraction of sp³-hybridized carbons (Fsp3) is 0.250. The topological polar surface area (TPSA) is 91.4 Å². The van der Waals surface area contributed by atoms with Gasteiger partial charge in [-0.25, -0.2) is 0 Å². The van der Waals surface area contributed by atoms with Crippen LogP contribution in [0.5, 0.6) is 0 Å². The van der Waals surface area contributed by atoms with E-state index in [0.717, 1.165) is 65.1 Å². The van der Waals surface area contributed by atoms with Gasteiger partial charge < -0.3 is 18.9 Å². The number of rotatable bonds is 10. The van der Waals surface area contributed by atoms with Crippen LogP contribution in [0.25, 0.3) is 32.9 Å². The van der Waals surface area contributed by atoms with E-state index in [1.165, 1.54) is 11.3 Å². The van der Waals surface area contributed by atoms with Crippen molar-refractivity contribution in [3.05, 3.63) is 87.8 Å². The highest BCUT2D eigenvalue weighted by molar-refractivity contribution is 7.70. The minimum atomic E-state index is -3.26. The number of benzene rings is 2. The number of pyridine rings is 1. The van der Waals surface area contributed by atoms with Gasteiger partial charge in [0.05, 0.1) is 27.5 Å². The molecular weight excluding hydrogens is 622 g/mol. The molecule has 43 heavy (non-hydrogen) atoms. The Morgan fingerprint density at radius 2 is 1.88 bits per heavy atom. The molecule has 7 nitrogen and oxygen atoms in total. The fourth-order valence-corrected chi connectivity index (χ4v) is 9.77. The molecule has 4 heterocycles. The Hall–Kier alpha value is -2.97. The zero-order chi connectivity index (χ0) is 30.0. The summed E-state index contributed by atoms with van der Waals surface area (Å²) in [5.41, 5.74) is 4.15. The van der Waals surface area contributed by atoms with Crippen molar-refractivity contribution in [2.75, 3.05) is 30.9 Å². The molecule has 0 spiro atoms. The molecule has 1 saturated heterocycles. The lowest BCUT2D eigenvalue weighted by atomic mass is 9.98. The highest BCUT2D eigenvalue weighted by Crippen LogP contribution is 2.57. The number of furan rings is 1. The number of nitrogens with one attached hydrogen (secondary N) is 2. The smallest absolute Gasteiger partial charge is 0.207 e. The number of nitrogens with zero attached hydrogens (tertiary/aromatic N) is 2. The number of hydrogen-bond donors (Lipinski definition) is 2. The van der Waals surface area contributed by atoms with Gasteiger partial charge >= 0.3 is 0 Å². The third-order valence-electron chi connectivity index (χ3n) is 7.65. The van der Waals surface area contributed by atoms with Crippen LogP contribution in [0.3, 0.4) is 0 Å². The number of halogens is 2. The first-order valence-corrected chi connectivity index (χ1v) is 17.4. The van der Waals surface area contributed by atoms with Gasteiger partial charge in [-0.05, 0) is 80.7 Å². The minimum absolute atomic E-state index is 0.325. The summed E-state index contributed by atoms with van der Waals surface area (Å²) in [7, 11) is -3.26. The van der Waals surface area contributed by atoms with Gasteiger partial charge in [-0.2, -0.15) is 0 Å². The maximum absolute atomic E-state index is 12.5. The molecule has 0 radical (unpaired) electrons. The van der Waals surface area contributed by atoms with E-state index in [4.69, 9.17) is 32.1 Å². The van der Waals surface area contributed by atoms with Gasteiger partial charge in [-0.3, -0.25) is 14.9 Å². The van der Waals surface area contributed by atoms with Crippen LogP contribution >= 0.6 is 42.0 Å². The number of carbonyl (C=O) groups is 1. The first-order chi connectivity index (χ1) is 20.9. The molecule has 0 bridgehead atoms. The van der Waals surface area contributed by atoms with Gasteiger partial charge in [0.1, 0.15) is 11.3 Å². The van der Waals surface area contributed by atoms with Gasteiger partial charge in [0.25, 0.3) is 0 Å². The molecule has 2 aromatic carbocycles. The van der Waals surface area contributed by atoms with E-state index in [2.05, 4.69) is 10.3 Å². The molecule has 0 amide bonds. The van der Waals surface area contributed by atoms with Crippen LogP contribution in [-0.4, -0.2) is 37.5 Å². The first-order valence-electron chi connectivity index (χ1n) is 14.2. The van der Waals surface area contributed by atoms with Crippen LogP contribution in [0.15, 0.2) is 77.3 Å². The van der Waals surface area contributed by atoms with E-state index in [-0.39, 0.29) is 0 Å². The molecule has 0 saturated carbocycles. The van der Waals surface area contributed by atoms with Crippen molar-refractivity contribution in [3.8, 4) is 21.8 Å². The Morgan fingerprint density at radius 1 is 1.12 bits per heavy atom. The van der Waals surface area contributed by atoms with Crippen LogP contribution in [0.1, 0.15) is 29.4 Å². The van der Waals surface area contributed by atoms with E-state index in [0.29, 0.717) is 45.0 Å². The standard InChI is InChI=1S/C32H31Cl2N4O3PS/c1-2-40-42(35,30-10-9-24(33)16-25(30)34)38(19-21-11-14-36-15-12-21)27-18-31(43-32(27)20-39)23-7-5-22(6-8-23)29-17-26-28(41-29)4-3-13-37-26/h3-10,13,16-18,20-21,35-36H,2,11-12,14-15,19H2,1H3. The molecule has 11 heteroatoms. The zero-order valence-corrected chi connectivity index (χ0v) is 26.8. The number of hydrogen-bond acceptors (Lipinski definition) is 7. The third-order valence-corrected chi connectivity index (χ3v) is 12.2. The van der Waals surface area contributed by atoms with Crippen molar-refractivity contribution in [2.24, 2.45) is 5.92 Å². The van der Waals surface area contributed by atoms with E-state index < -0.39 is 7.43 Å². The first kappa shape index (κ1) is 30.1. The van der Waals surface area contributed by atoms with Gasteiger partial charge in [-0.15, -0.1) is 11.3 Å². The maximum atomic E-state index is 12.5.